The average molecular weight is 415 g/mol. The van der Waals surface area contributed by atoms with Crippen LogP contribution in [-0.4, -0.2) is 28.8 Å². The maximum Gasteiger partial charge on any atom is 0.405 e. The van der Waals surface area contributed by atoms with Crippen LogP contribution in [0.2, 0.25) is 0 Å². The molecule has 134 valence electrons. The van der Waals surface area contributed by atoms with Gasteiger partial charge < -0.3 is 15.2 Å². The third-order valence-corrected chi connectivity index (χ3v) is 4.85. The molecule has 26 heavy (non-hydrogen) atoms. The van der Waals surface area contributed by atoms with E-state index < -0.39 is 6.09 Å². The minimum Gasteiger partial charge on any atom is -0.490 e. The number of hydrogen-bond acceptors (Lipinski definition) is 3. The molecule has 0 aliphatic rings. The second-order valence-corrected chi connectivity index (χ2v) is 6.86. The molecule has 0 saturated carbocycles. The van der Waals surface area contributed by atoms with Gasteiger partial charge in [-0.25, -0.2) is 4.79 Å². The number of amides is 1. The summed E-state index contributed by atoms with van der Waals surface area (Å²) in [5, 5.41) is 13.7. The van der Waals surface area contributed by atoms with Crippen molar-refractivity contribution in [1.29, 1.82) is 0 Å². The van der Waals surface area contributed by atoms with Crippen LogP contribution in [-0.2, 0) is 6.42 Å². The van der Waals surface area contributed by atoms with E-state index in [1.54, 1.807) is 0 Å². The summed E-state index contributed by atoms with van der Waals surface area (Å²) < 4.78 is 6.77. The van der Waals surface area contributed by atoms with Crippen molar-refractivity contribution in [1.82, 2.24) is 10.3 Å². The highest BCUT2D eigenvalue weighted by atomic mass is 79.9. The second-order valence-electron chi connectivity index (χ2n) is 6.07. The number of nitrogens with one attached hydrogen (secondary N) is 1. The van der Waals surface area contributed by atoms with Gasteiger partial charge in [-0.15, -0.1) is 0 Å². The van der Waals surface area contributed by atoms with E-state index >= 15 is 0 Å². The lowest BCUT2D eigenvalue weighted by atomic mass is 10.1. The van der Waals surface area contributed by atoms with Gasteiger partial charge in [-0.05, 0) is 53.0 Å². The van der Waals surface area contributed by atoms with Gasteiger partial charge in [0.15, 0.2) is 0 Å². The van der Waals surface area contributed by atoms with E-state index in [2.05, 4.69) is 26.2 Å². The van der Waals surface area contributed by atoms with E-state index in [0.717, 1.165) is 26.5 Å². The molecular weight excluding hydrogens is 396 g/mol. The van der Waals surface area contributed by atoms with Crippen molar-refractivity contribution in [2.24, 2.45) is 0 Å². The summed E-state index contributed by atoms with van der Waals surface area (Å²) in [6.07, 6.45) is 1.32. The topological polar surface area (TPSA) is 71.5 Å². The third kappa shape index (κ3) is 4.52. The molecule has 2 aromatic carbocycles. The van der Waals surface area contributed by atoms with Crippen LogP contribution >= 0.6 is 15.9 Å². The number of ether oxygens (including phenoxy) is 1. The highest BCUT2D eigenvalue weighted by molar-refractivity contribution is 9.10. The molecule has 6 heteroatoms. The smallest absolute Gasteiger partial charge is 0.405 e. The Labute approximate surface area is 160 Å². The molecule has 1 heterocycles. The number of benzene rings is 2. The summed E-state index contributed by atoms with van der Waals surface area (Å²) in [5.74, 6) is 0.674. The molecule has 2 N–H and O–H groups in total. The molecule has 0 spiro atoms. The van der Waals surface area contributed by atoms with Crippen LogP contribution in [0.3, 0.4) is 0 Å². The normalized spacial score (nSPS) is 11.9. The van der Waals surface area contributed by atoms with E-state index in [1.807, 2.05) is 61.7 Å². The lowest BCUT2D eigenvalue weighted by Gasteiger charge is -2.19. The Bertz CT molecular complexity index is 916. The Morgan fingerprint density at radius 3 is 2.77 bits per heavy atom. The van der Waals surface area contributed by atoms with Gasteiger partial charge in [0.1, 0.15) is 12.4 Å². The van der Waals surface area contributed by atoms with Crippen LogP contribution in [0, 0.1) is 6.92 Å². The Kier molecular flexibility index (Phi) is 5.73. The summed E-state index contributed by atoms with van der Waals surface area (Å²) in [6.45, 7) is 2.17. The summed E-state index contributed by atoms with van der Waals surface area (Å²) in [5.41, 5.74) is 1.97. The van der Waals surface area contributed by atoms with Crippen LogP contribution < -0.4 is 10.1 Å². The monoisotopic (exact) mass is 414 g/mol. The lowest BCUT2D eigenvalue weighted by Crippen LogP contribution is -2.39. The first-order valence-corrected chi connectivity index (χ1v) is 9.03. The van der Waals surface area contributed by atoms with Gasteiger partial charge >= 0.3 is 6.09 Å². The minimum atomic E-state index is -1.06. The number of pyridine rings is 1. The van der Waals surface area contributed by atoms with E-state index in [1.165, 1.54) is 0 Å². The summed E-state index contributed by atoms with van der Waals surface area (Å²) in [7, 11) is 0. The molecule has 0 radical (unpaired) electrons. The maximum atomic E-state index is 11.1. The molecule has 3 rings (SSSR count). The van der Waals surface area contributed by atoms with Gasteiger partial charge in [-0.1, -0.05) is 30.3 Å². The Hall–Kier alpha value is -2.60. The van der Waals surface area contributed by atoms with Crippen molar-refractivity contribution >= 4 is 32.8 Å². The molecule has 1 atom stereocenters. The second kappa shape index (κ2) is 8.19. The van der Waals surface area contributed by atoms with Crippen molar-refractivity contribution < 1.29 is 14.6 Å². The molecule has 0 unspecified atom stereocenters. The lowest BCUT2D eigenvalue weighted by molar-refractivity contribution is 0.180. The first-order valence-electron chi connectivity index (χ1n) is 8.24. The zero-order chi connectivity index (χ0) is 18.5. The summed E-state index contributed by atoms with van der Waals surface area (Å²) in [4.78, 5) is 15.4. The fraction of sp³-hybridized carbons (Fsp3) is 0.200. The fourth-order valence-electron chi connectivity index (χ4n) is 2.79. The Morgan fingerprint density at radius 1 is 1.27 bits per heavy atom. The van der Waals surface area contributed by atoms with Crippen molar-refractivity contribution in [3.8, 4) is 5.75 Å². The van der Waals surface area contributed by atoms with Crippen LogP contribution in [0.1, 0.15) is 11.3 Å². The van der Waals surface area contributed by atoms with Gasteiger partial charge in [0.2, 0.25) is 0 Å². The van der Waals surface area contributed by atoms with Crippen molar-refractivity contribution in [2.75, 3.05) is 6.61 Å². The first-order chi connectivity index (χ1) is 12.5. The number of carboxylic acid groups (broad SMARTS) is 1. The predicted octanol–water partition coefficient (Wildman–Crippen LogP) is 4.56. The Morgan fingerprint density at radius 2 is 2.04 bits per heavy atom. The quantitative estimate of drug-likeness (QED) is 0.619. The number of carbonyl (C=O) groups is 1. The van der Waals surface area contributed by atoms with E-state index in [0.29, 0.717) is 12.2 Å². The molecule has 0 aliphatic carbocycles. The van der Waals surface area contributed by atoms with Gasteiger partial charge in [0, 0.05) is 22.7 Å². The van der Waals surface area contributed by atoms with Gasteiger partial charge in [-0.3, -0.25) is 4.98 Å². The Balaban J connectivity index is 1.76. The number of hydrogen-bond donors (Lipinski definition) is 2. The van der Waals surface area contributed by atoms with Crippen LogP contribution in [0.25, 0.3) is 10.8 Å². The van der Waals surface area contributed by atoms with Crippen molar-refractivity contribution in [3.63, 3.8) is 0 Å². The van der Waals surface area contributed by atoms with Crippen LogP contribution in [0.5, 0.6) is 5.75 Å². The zero-order valence-corrected chi connectivity index (χ0v) is 15.9. The molecule has 5 nitrogen and oxygen atoms in total. The number of rotatable bonds is 6. The summed E-state index contributed by atoms with van der Waals surface area (Å²) in [6, 6.07) is 15.2. The van der Waals surface area contributed by atoms with Crippen LogP contribution in [0.4, 0.5) is 4.79 Å². The van der Waals surface area contributed by atoms with E-state index in [4.69, 9.17) is 9.84 Å². The third-order valence-electron chi connectivity index (χ3n) is 4.03. The number of fused-ring (bicyclic) bond motifs is 1. The highest BCUT2D eigenvalue weighted by Gasteiger charge is 2.15. The number of aryl methyl sites for hydroxylation is 1. The molecule has 3 aromatic rings. The predicted molar refractivity (Wildman–Crippen MR) is 105 cm³/mol. The maximum absolute atomic E-state index is 11.1. The molecule has 0 bridgehead atoms. The standard InChI is InChI=1S/C20H19BrN2O3/c1-13-9-17-15(11-22-13)7-8-18(19(17)21)26-12-16(23-20(24)25)10-14-5-3-2-4-6-14/h2-9,11,16,23H,10,12H2,1H3,(H,24,25)/t16-/m1/s1. The molecule has 1 amide bonds. The van der Waals surface area contributed by atoms with Crippen molar-refractivity contribution in [3.05, 3.63) is 70.5 Å². The highest BCUT2D eigenvalue weighted by Crippen LogP contribution is 2.33. The number of aromatic nitrogens is 1. The summed E-state index contributed by atoms with van der Waals surface area (Å²) >= 11 is 3.59. The van der Waals surface area contributed by atoms with Gasteiger partial charge in [0.05, 0.1) is 10.5 Å². The van der Waals surface area contributed by atoms with E-state index in [9.17, 15) is 4.79 Å². The van der Waals surface area contributed by atoms with Gasteiger partial charge in [-0.2, -0.15) is 0 Å². The van der Waals surface area contributed by atoms with E-state index in [-0.39, 0.29) is 12.6 Å². The van der Waals surface area contributed by atoms with Gasteiger partial charge in [0.25, 0.3) is 0 Å². The van der Waals surface area contributed by atoms with Crippen LogP contribution in [0.15, 0.2) is 59.2 Å². The first kappa shape index (κ1) is 18.2. The van der Waals surface area contributed by atoms with Crippen molar-refractivity contribution in [2.45, 2.75) is 19.4 Å². The SMILES string of the molecule is Cc1cc2c(Br)c(OC[C@@H](Cc3ccccc3)NC(=O)O)ccc2cn1. The molecule has 0 fully saturated rings. The molecule has 0 aliphatic heterocycles. The number of halogens is 1. The molecular formula is C20H19BrN2O3. The minimum absolute atomic E-state index is 0.232. The zero-order valence-electron chi connectivity index (χ0n) is 14.3. The average Bonchev–Trinajstić information content (AvgIpc) is 2.62. The number of nitrogens with zero attached hydrogens (tertiary/aromatic N) is 1. The fourth-order valence-corrected chi connectivity index (χ4v) is 3.38. The largest absolute Gasteiger partial charge is 0.490 e. The molecule has 1 aromatic heterocycles. The molecule has 0 saturated heterocycles.